The summed E-state index contributed by atoms with van der Waals surface area (Å²) in [5.41, 5.74) is 6.51. The van der Waals surface area contributed by atoms with Crippen molar-refractivity contribution in [2.75, 3.05) is 6.54 Å². The number of rotatable bonds is 4. The van der Waals surface area contributed by atoms with E-state index in [0.29, 0.717) is 6.04 Å². The molecule has 0 radical (unpaired) electrons. The minimum absolute atomic E-state index is 0.474. The Balaban J connectivity index is 2.47. The first-order valence-electron chi connectivity index (χ1n) is 4.46. The van der Waals surface area contributed by atoms with E-state index in [4.69, 9.17) is 5.73 Å². The Kier molecular flexibility index (Phi) is 3.29. The molecule has 3 nitrogen and oxygen atoms in total. The van der Waals surface area contributed by atoms with Gasteiger partial charge in [-0.3, -0.25) is 4.68 Å². The molecule has 1 heterocycles. The smallest absolute Gasteiger partial charge is 0.0593 e. The normalized spacial score (nSPS) is 13.2. The Labute approximate surface area is 73.6 Å². The van der Waals surface area contributed by atoms with Crippen LogP contribution in [0.25, 0.3) is 0 Å². The van der Waals surface area contributed by atoms with E-state index in [9.17, 15) is 0 Å². The summed E-state index contributed by atoms with van der Waals surface area (Å²) in [6.07, 6.45) is 4.20. The molecule has 1 rings (SSSR count). The van der Waals surface area contributed by atoms with Crippen molar-refractivity contribution in [2.24, 2.45) is 5.73 Å². The number of hydrogen-bond donors (Lipinski definition) is 1. The van der Waals surface area contributed by atoms with Gasteiger partial charge in [0.05, 0.1) is 5.69 Å². The van der Waals surface area contributed by atoms with Crippen molar-refractivity contribution < 1.29 is 0 Å². The second-order valence-corrected chi connectivity index (χ2v) is 3.22. The minimum atomic E-state index is 0.474. The first-order chi connectivity index (χ1) is 5.74. The van der Waals surface area contributed by atoms with E-state index in [1.807, 2.05) is 23.9 Å². The molecule has 1 aromatic heterocycles. The van der Waals surface area contributed by atoms with Gasteiger partial charge in [0, 0.05) is 12.2 Å². The Morgan fingerprint density at radius 2 is 2.42 bits per heavy atom. The van der Waals surface area contributed by atoms with Gasteiger partial charge in [0.15, 0.2) is 0 Å². The largest absolute Gasteiger partial charge is 0.330 e. The molecular formula is C9H17N3. The maximum atomic E-state index is 5.43. The summed E-state index contributed by atoms with van der Waals surface area (Å²) in [6, 6.07) is 2.50. The summed E-state index contributed by atoms with van der Waals surface area (Å²) in [5, 5.41) is 4.34. The van der Waals surface area contributed by atoms with Gasteiger partial charge < -0.3 is 5.73 Å². The zero-order valence-corrected chi connectivity index (χ0v) is 7.83. The molecule has 68 valence electrons. The summed E-state index contributed by atoms with van der Waals surface area (Å²) in [4.78, 5) is 0. The quantitative estimate of drug-likeness (QED) is 0.738. The summed E-state index contributed by atoms with van der Waals surface area (Å²) in [7, 11) is 0. The van der Waals surface area contributed by atoms with Crippen LogP contribution in [0.4, 0.5) is 0 Å². The van der Waals surface area contributed by atoms with E-state index < -0.39 is 0 Å². The van der Waals surface area contributed by atoms with Crippen molar-refractivity contribution in [1.29, 1.82) is 0 Å². The Morgan fingerprint density at radius 3 is 2.92 bits per heavy atom. The highest BCUT2D eigenvalue weighted by atomic mass is 15.3. The number of nitrogens with zero attached hydrogens (tertiary/aromatic N) is 2. The molecule has 0 aliphatic heterocycles. The predicted molar refractivity (Wildman–Crippen MR) is 50.0 cm³/mol. The van der Waals surface area contributed by atoms with Gasteiger partial charge in [-0.05, 0) is 39.3 Å². The van der Waals surface area contributed by atoms with Crippen LogP contribution in [0.3, 0.4) is 0 Å². The maximum Gasteiger partial charge on any atom is 0.0593 e. The Hall–Kier alpha value is -0.830. The fourth-order valence-electron chi connectivity index (χ4n) is 1.22. The maximum absolute atomic E-state index is 5.43. The van der Waals surface area contributed by atoms with Gasteiger partial charge in [0.2, 0.25) is 0 Å². The lowest BCUT2D eigenvalue weighted by atomic mass is 10.2. The Morgan fingerprint density at radius 1 is 1.67 bits per heavy atom. The third kappa shape index (κ3) is 2.34. The van der Waals surface area contributed by atoms with E-state index in [0.717, 1.165) is 25.1 Å². The van der Waals surface area contributed by atoms with Gasteiger partial charge in [0.25, 0.3) is 0 Å². The van der Waals surface area contributed by atoms with Crippen molar-refractivity contribution in [3.05, 3.63) is 18.0 Å². The van der Waals surface area contributed by atoms with Gasteiger partial charge in [-0.1, -0.05) is 0 Å². The van der Waals surface area contributed by atoms with Gasteiger partial charge >= 0.3 is 0 Å². The molecule has 2 N–H and O–H groups in total. The molecule has 12 heavy (non-hydrogen) atoms. The second-order valence-electron chi connectivity index (χ2n) is 3.22. The fraction of sp³-hybridized carbons (Fsp3) is 0.667. The predicted octanol–water partition coefficient (Wildman–Crippen LogP) is 1.49. The summed E-state index contributed by atoms with van der Waals surface area (Å²) >= 11 is 0. The van der Waals surface area contributed by atoms with Crippen LogP contribution in [0, 0.1) is 6.92 Å². The zero-order valence-electron chi connectivity index (χ0n) is 7.83. The molecule has 0 amide bonds. The second kappa shape index (κ2) is 4.26. The number of aryl methyl sites for hydroxylation is 1. The molecule has 1 unspecified atom stereocenters. The standard InChI is InChI=1S/C9H17N3/c1-8-5-7-12(11-8)9(2)4-3-6-10/h5,7,9H,3-4,6,10H2,1-2H3. The number of aromatic nitrogens is 2. The highest BCUT2D eigenvalue weighted by Gasteiger charge is 2.03. The van der Waals surface area contributed by atoms with Crippen LogP contribution in [0.5, 0.6) is 0 Å². The highest BCUT2D eigenvalue weighted by Crippen LogP contribution is 2.11. The van der Waals surface area contributed by atoms with Crippen molar-refractivity contribution in [1.82, 2.24) is 9.78 Å². The lowest BCUT2D eigenvalue weighted by molar-refractivity contribution is 0.447. The van der Waals surface area contributed by atoms with Crippen LogP contribution in [0.15, 0.2) is 12.3 Å². The van der Waals surface area contributed by atoms with E-state index in [-0.39, 0.29) is 0 Å². The van der Waals surface area contributed by atoms with Crippen molar-refractivity contribution in [3.8, 4) is 0 Å². The lowest BCUT2D eigenvalue weighted by Gasteiger charge is -2.10. The van der Waals surface area contributed by atoms with Crippen molar-refractivity contribution in [3.63, 3.8) is 0 Å². The van der Waals surface area contributed by atoms with Crippen LogP contribution >= 0.6 is 0 Å². The summed E-state index contributed by atoms with van der Waals surface area (Å²) in [6.45, 7) is 4.94. The lowest BCUT2D eigenvalue weighted by Crippen LogP contribution is -2.08. The summed E-state index contributed by atoms with van der Waals surface area (Å²) in [5.74, 6) is 0. The van der Waals surface area contributed by atoms with E-state index >= 15 is 0 Å². The van der Waals surface area contributed by atoms with E-state index in [1.54, 1.807) is 0 Å². The van der Waals surface area contributed by atoms with Crippen LogP contribution < -0.4 is 5.73 Å². The molecule has 3 heteroatoms. The minimum Gasteiger partial charge on any atom is -0.330 e. The molecule has 0 aliphatic rings. The van der Waals surface area contributed by atoms with Gasteiger partial charge in [0.1, 0.15) is 0 Å². The zero-order chi connectivity index (χ0) is 8.97. The average molecular weight is 167 g/mol. The highest BCUT2D eigenvalue weighted by molar-refractivity contribution is 4.95. The third-order valence-electron chi connectivity index (χ3n) is 2.02. The van der Waals surface area contributed by atoms with Crippen molar-refractivity contribution >= 4 is 0 Å². The van der Waals surface area contributed by atoms with Crippen LogP contribution in [0.2, 0.25) is 0 Å². The molecule has 0 spiro atoms. The average Bonchev–Trinajstić information content (AvgIpc) is 2.47. The van der Waals surface area contributed by atoms with Gasteiger partial charge in [-0.25, -0.2) is 0 Å². The third-order valence-corrected chi connectivity index (χ3v) is 2.02. The molecule has 0 fully saturated rings. The van der Waals surface area contributed by atoms with Crippen LogP contribution in [-0.2, 0) is 0 Å². The molecule has 1 atom stereocenters. The molecule has 0 bridgehead atoms. The molecule has 0 saturated heterocycles. The monoisotopic (exact) mass is 167 g/mol. The molecule has 1 aromatic rings. The molecule has 0 aromatic carbocycles. The molecular weight excluding hydrogens is 150 g/mol. The van der Waals surface area contributed by atoms with Gasteiger partial charge in [-0.15, -0.1) is 0 Å². The first kappa shape index (κ1) is 9.26. The SMILES string of the molecule is Cc1ccn(C(C)CCCN)n1. The topological polar surface area (TPSA) is 43.8 Å². The number of nitrogens with two attached hydrogens (primary N) is 1. The van der Waals surface area contributed by atoms with Crippen molar-refractivity contribution in [2.45, 2.75) is 32.7 Å². The summed E-state index contributed by atoms with van der Waals surface area (Å²) < 4.78 is 2.00. The number of hydrogen-bond acceptors (Lipinski definition) is 2. The van der Waals surface area contributed by atoms with E-state index in [2.05, 4.69) is 12.0 Å². The van der Waals surface area contributed by atoms with Crippen LogP contribution in [-0.4, -0.2) is 16.3 Å². The molecule has 0 saturated carbocycles. The fourth-order valence-corrected chi connectivity index (χ4v) is 1.22. The first-order valence-corrected chi connectivity index (χ1v) is 4.46. The Bertz CT molecular complexity index is 229. The molecule has 0 aliphatic carbocycles. The van der Waals surface area contributed by atoms with Gasteiger partial charge in [-0.2, -0.15) is 5.10 Å². The van der Waals surface area contributed by atoms with E-state index in [1.165, 1.54) is 0 Å². The van der Waals surface area contributed by atoms with Crippen LogP contribution in [0.1, 0.15) is 31.5 Å².